The van der Waals surface area contributed by atoms with Crippen LogP contribution in [0.1, 0.15) is 5.56 Å². The number of hydrogen-bond donors (Lipinski definition) is 2. The fourth-order valence-electron chi connectivity index (χ4n) is 2.21. The third-order valence-corrected chi connectivity index (χ3v) is 5.03. The summed E-state index contributed by atoms with van der Waals surface area (Å²) in [5.74, 6) is 0.755. The molecule has 0 bridgehead atoms. The molecule has 0 aliphatic rings. The van der Waals surface area contributed by atoms with E-state index >= 15 is 0 Å². The smallest absolute Gasteiger partial charge is 0.255 e. The van der Waals surface area contributed by atoms with Crippen LogP contribution >= 0.6 is 0 Å². The van der Waals surface area contributed by atoms with E-state index in [-0.39, 0.29) is 4.90 Å². The van der Waals surface area contributed by atoms with Gasteiger partial charge in [-0.15, -0.1) is 0 Å². The highest BCUT2D eigenvalue weighted by atomic mass is 32.2. The molecule has 0 aliphatic heterocycles. The van der Waals surface area contributed by atoms with E-state index in [0.717, 1.165) is 0 Å². The minimum Gasteiger partial charge on any atom is -0.496 e. The van der Waals surface area contributed by atoms with Crippen LogP contribution in [0.2, 0.25) is 0 Å². The van der Waals surface area contributed by atoms with Gasteiger partial charge in [0.15, 0.2) is 0 Å². The Balaban J connectivity index is 2.02. The second-order valence-corrected chi connectivity index (χ2v) is 7.14. The molecule has 0 aromatic heterocycles. The number of hydrogen-bond acceptors (Lipinski definition) is 7. The first kappa shape index (κ1) is 21.2. The van der Waals surface area contributed by atoms with Gasteiger partial charge in [-0.25, -0.2) is 18.6 Å². The first-order chi connectivity index (χ1) is 13.4. The Morgan fingerprint density at radius 1 is 1.04 bits per heavy atom. The van der Waals surface area contributed by atoms with E-state index in [2.05, 4.69) is 15.2 Å². The van der Waals surface area contributed by atoms with Crippen LogP contribution < -0.4 is 24.4 Å². The molecule has 2 aromatic rings. The highest BCUT2D eigenvalue weighted by Gasteiger charge is 2.15. The van der Waals surface area contributed by atoms with Gasteiger partial charge in [-0.2, -0.15) is 5.10 Å². The first-order valence-corrected chi connectivity index (χ1v) is 9.56. The van der Waals surface area contributed by atoms with Crippen molar-refractivity contribution in [2.24, 2.45) is 5.10 Å². The molecule has 1 amide bonds. The van der Waals surface area contributed by atoms with Crippen molar-refractivity contribution < 1.29 is 27.4 Å². The summed E-state index contributed by atoms with van der Waals surface area (Å²) in [6, 6.07) is 11.0. The van der Waals surface area contributed by atoms with E-state index in [9.17, 15) is 13.2 Å². The molecule has 2 aromatic carbocycles. The van der Waals surface area contributed by atoms with Crippen LogP contribution in [-0.2, 0) is 14.8 Å². The average molecular weight is 407 g/mol. The molecule has 0 radical (unpaired) electrons. The molecule has 2 N–H and O–H groups in total. The molecule has 0 fully saturated rings. The standard InChI is InChI=1S/C18H21N3O6S/c1-25-13-9-16(26-2)15(17(10-13)27-3)11-19-21-18(22)12-20-28(23,24)14-7-5-4-6-8-14/h4-11,20H,12H2,1-3H3,(H,21,22)/b19-11-. The number of carbonyl (C=O) groups excluding carboxylic acids is 1. The van der Waals surface area contributed by atoms with Crippen molar-refractivity contribution in [3.63, 3.8) is 0 Å². The van der Waals surface area contributed by atoms with Crippen LogP contribution in [0.15, 0.2) is 52.5 Å². The van der Waals surface area contributed by atoms with Crippen molar-refractivity contribution in [1.82, 2.24) is 10.1 Å². The Bertz CT molecular complexity index is 920. The van der Waals surface area contributed by atoms with Crippen molar-refractivity contribution in [2.75, 3.05) is 27.9 Å². The van der Waals surface area contributed by atoms with Gasteiger partial charge >= 0.3 is 0 Å². The zero-order chi connectivity index (χ0) is 20.6. The highest BCUT2D eigenvalue weighted by molar-refractivity contribution is 7.89. The maximum absolute atomic E-state index is 12.1. The van der Waals surface area contributed by atoms with Gasteiger partial charge in [-0.05, 0) is 12.1 Å². The van der Waals surface area contributed by atoms with E-state index in [1.807, 2.05) is 0 Å². The van der Waals surface area contributed by atoms with Crippen LogP contribution in [0.25, 0.3) is 0 Å². The first-order valence-electron chi connectivity index (χ1n) is 8.08. The van der Waals surface area contributed by atoms with Crippen molar-refractivity contribution in [1.29, 1.82) is 0 Å². The number of amides is 1. The zero-order valence-corrected chi connectivity index (χ0v) is 16.4. The molecule has 0 heterocycles. The number of methoxy groups -OCH3 is 3. The van der Waals surface area contributed by atoms with Gasteiger partial charge in [0.2, 0.25) is 10.0 Å². The number of ether oxygens (including phenoxy) is 3. The van der Waals surface area contributed by atoms with E-state index < -0.39 is 22.5 Å². The fraction of sp³-hybridized carbons (Fsp3) is 0.222. The van der Waals surface area contributed by atoms with Crippen molar-refractivity contribution in [2.45, 2.75) is 4.90 Å². The molecule has 9 nitrogen and oxygen atoms in total. The minimum atomic E-state index is -3.78. The van der Waals surface area contributed by atoms with Gasteiger partial charge in [0.25, 0.3) is 5.91 Å². The quantitative estimate of drug-likeness (QED) is 0.476. The van der Waals surface area contributed by atoms with Crippen molar-refractivity contribution in [3.8, 4) is 17.2 Å². The molecule has 0 saturated heterocycles. The summed E-state index contributed by atoms with van der Waals surface area (Å²) in [5.41, 5.74) is 2.73. The predicted octanol–water partition coefficient (Wildman–Crippen LogP) is 1.14. The molecule has 28 heavy (non-hydrogen) atoms. The second kappa shape index (κ2) is 9.72. The predicted molar refractivity (Wildman–Crippen MR) is 103 cm³/mol. The van der Waals surface area contributed by atoms with E-state index in [1.165, 1.54) is 39.7 Å². The SMILES string of the molecule is COc1cc(OC)c(/C=N\NC(=O)CNS(=O)(=O)c2ccccc2)c(OC)c1. The van der Waals surface area contributed by atoms with E-state index in [0.29, 0.717) is 22.8 Å². The average Bonchev–Trinajstić information content (AvgIpc) is 2.72. The lowest BCUT2D eigenvalue weighted by Gasteiger charge is -2.12. The highest BCUT2D eigenvalue weighted by Crippen LogP contribution is 2.32. The minimum absolute atomic E-state index is 0.0685. The molecule has 0 spiro atoms. The maximum Gasteiger partial charge on any atom is 0.255 e. The monoisotopic (exact) mass is 407 g/mol. The normalized spacial score (nSPS) is 11.2. The number of nitrogens with one attached hydrogen (secondary N) is 2. The molecule has 150 valence electrons. The van der Waals surface area contributed by atoms with Gasteiger partial charge in [0.1, 0.15) is 17.2 Å². The van der Waals surface area contributed by atoms with Crippen LogP contribution in [0.4, 0.5) is 0 Å². The van der Waals surface area contributed by atoms with E-state index in [1.54, 1.807) is 30.3 Å². The number of carbonyl (C=O) groups is 1. The molecule has 0 saturated carbocycles. The number of sulfonamides is 1. The Morgan fingerprint density at radius 2 is 1.64 bits per heavy atom. The summed E-state index contributed by atoms with van der Waals surface area (Å²) < 4.78 is 42.1. The number of rotatable bonds is 9. The molecule has 2 rings (SSSR count). The molecule has 10 heteroatoms. The van der Waals surface area contributed by atoms with Gasteiger partial charge in [0, 0.05) is 12.1 Å². The largest absolute Gasteiger partial charge is 0.496 e. The fourth-order valence-corrected chi connectivity index (χ4v) is 3.21. The molecular weight excluding hydrogens is 386 g/mol. The lowest BCUT2D eigenvalue weighted by atomic mass is 10.2. The van der Waals surface area contributed by atoms with Gasteiger partial charge < -0.3 is 14.2 Å². The number of benzene rings is 2. The second-order valence-electron chi connectivity index (χ2n) is 5.38. The Kier molecular flexibility index (Phi) is 7.36. The topological polar surface area (TPSA) is 115 Å². The molecular formula is C18H21N3O6S. The van der Waals surface area contributed by atoms with Crippen LogP contribution in [0.5, 0.6) is 17.2 Å². The molecule has 0 atom stereocenters. The van der Waals surface area contributed by atoms with Crippen molar-refractivity contribution in [3.05, 3.63) is 48.0 Å². The molecule has 0 aliphatic carbocycles. The third kappa shape index (κ3) is 5.44. The summed E-state index contributed by atoms with van der Waals surface area (Å²) in [7, 11) is 0.684. The summed E-state index contributed by atoms with van der Waals surface area (Å²) in [5, 5.41) is 3.83. The Hall–Kier alpha value is -3.11. The molecule has 0 unspecified atom stereocenters. The Morgan fingerprint density at radius 3 is 2.18 bits per heavy atom. The van der Waals surface area contributed by atoms with Gasteiger partial charge in [-0.1, -0.05) is 18.2 Å². The summed E-state index contributed by atoms with van der Waals surface area (Å²) in [4.78, 5) is 12.0. The Labute approximate surface area is 163 Å². The number of nitrogens with zero attached hydrogens (tertiary/aromatic N) is 1. The maximum atomic E-state index is 12.1. The summed E-state index contributed by atoms with van der Waals surface area (Å²) >= 11 is 0. The number of hydrazone groups is 1. The van der Waals surface area contributed by atoms with Gasteiger partial charge in [-0.3, -0.25) is 4.79 Å². The summed E-state index contributed by atoms with van der Waals surface area (Å²) in [6.07, 6.45) is 1.33. The lowest BCUT2D eigenvalue weighted by molar-refractivity contribution is -0.119. The van der Waals surface area contributed by atoms with E-state index in [4.69, 9.17) is 14.2 Å². The van der Waals surface area contributed by atoms with Crippen molar-refractivity contribution >= 4 is 22.1 Å². The van der Waals surface area contributed by atoms with Crippen LogP contribution in [0, 0.1) is 0 Å². The van der Waals surface area contributed by atoms with Crippen LogP contribution in [-0.4, -0.2) is 48.4 Å². The van der Waals surface area contributed by atoms with Crippen LogP contribution in [0.3, 0.4) is 0 Å². The summed E-state index contributed by atoms with van der Waals surface area (Å²) in [6.45, 7) is -0.467. The third-order valence-electron chi connectivity index (χ3n) is 3.61. The van der Waals surface area contributed by atoms with Gasteiger partial charge in [0.05, 0.1) is 44.5 Å². The lowest BCUT2D eigenvalue weighted by Crippen LogP contribution is -2.34. The zero-order valence-electron chi connectivity index (χ0n) is 15.6.